The smallest absolute Gasteiger partial charge is 0.332 e. The molecule has 0 spiro atoms. The third-order valence-corrected chi connectivity index (χ3v) is 2.84. The summed E-state index contributed by atoms with van der Waals surface area (Å²) in [6, 6.07) is 0. The molecule has 0 aliphatic heterocycles. The highest BCUT2D eigenvalue weighted by Crippen LogP contribution is 2.39. The van der Waals surface area contributed by atoms with Gasteiger partial charge in [-0.15, -0.1) is 0 Å². The molecule has 0 aromatic heterocycles. The van der Waals surface area contributed by atoms with Crippen LogP contribution in [0.4, 0.5) is 0 Å². The number of aliphatic hydroxyl groups excluding tert-OH is 1. The number of hydrogen-bond acceptors (Lipinski definition) is 5. The standard InChI is InChI=1S/C9H20NO5P/c1-3-13-16(14-4-2)15-7-9(12)5-6-10-8-11/h8-9,12H,3-7H2,1-2H3,(H,10,11). The van der Waals surface area contributed by atoms with E-state index in [4.69, 9.17) is 13.6 Å². The zero-order chi connectivity index (χ0) is 12.2. The van der Waals surface area contributed by atoms with Crippen LogP contribution in [0.5, 0.6) is 0 Å². The van der Waals surface area contributed by atoms with Crippen LogP contribution in [0.3, 0.4) is 0 Å². The van der Waals surface area contributed by atoms with Gasteiger partial charge in [-0.3, -0.25) is 4.79 Å². The molecule has 0 radical (unpaired) electrons. The van der Waals surface area contributed by atoms with Crippen LogP contribution >= 0.6 is 8.60 Å². The van der Waals surface area contributed by atoms with Crippen LogP contribution < -0.4 is 5.32 Å². The molecule has 0 saturated heterocycles. The quantitative estimate of drug-likeness (QED) is 0.323. The van der Waals surface area contributed by atoms with Crippen molar-refractivity contribution in [3.8, 4) is 0 Å². The minimum atomic E-state index is -1.36. The van der Waals surface area contributed by atoms with Gasteiger partial charge in [0.1, 0.15) is 0 Å². The van der Waals surface area contributed by atoms with Crippen molar-refractivity contribution in [3.63, 3.8) is 0 Å². The van der Waals surface area contributed by atoms with Gasteiger partial charge in [-0.25, -0.2) is 0 Å². The normalized spacial score (nSPS) is 12.8. The number of nitrogens with one attached hydrogen (secondary N) is 1. The average Bonchev–Trinajstić information content (AvgIpc) is 2.27. The summed E-state index contributed by atoms with van der Waals surface area (Å²) in [5, 5.41) is 11.9. The summed E-state index contributed by atoms with van der Waals surface area (Å²) in [5.41, 5.74) is 0. The molecule has 0 aliphatic rings. The van der Waals surface area contributed by atoms with Crippen LogP contribution in [0, 0.1) is 0 Å². The molecule has 0 rings (SSSR count). The fourth-order valence-electron chi connectivity index (χ4n) is 0.862. The van der Waals surface area contributed by atoms with Gasteiger partial charge in [0.15, 0.2) is 0 Å². The van der Waals surface area contributed by atoms with Crippen molar-refractivity contribution in [2.24, 2.45) is 0 Å². The predicted octanol–water partition coefficient (Wildman–Crippen LogP) is 0.800. The third-order valence-electron chi connectivity index (χ3n) is 1.55. The average molecular weight is 253 g/mol. The maximum Gasteiger partial charge on any atom is 0.332 e. The molecule has 6 nitrogen and oxygen atoms in total. The summed E-state index contributed by atoms with van der Waals surface area (Å²) in [6.45, 7) is 5.29. The van der Waals surface area contributed by atoms with Crippen LogP contribution in [0.25, 0.3) is 0 Å². The van der Waals surface area contributed by atoms with Crippen LogP contribution in [0.1, 0.15) is 20.3 Å². The minimum absolute atomic E-state index is 0.145. The van der Waals surface area contributed by atoms with Crippen molar-refractivity contribution in [2.75, 3.05) is 26.4 Å². The van der Waals surface area contributed by atoms with Crippen molar-refractivity contribution >= 4 is 15.0 Å². The first-order chi connectivity index (χ1) is 7.74. The lowest BCUT2D eigenvalue weighted by atomic mass is 10.3. The molecule has 0 aromatic rings. The molecular weight excluding hydrogens is 233 g/mol. The van der Waals surface area contributed by atoms with Crippen molar-refractivity contribution in [1.29, 1.82) is 0 Å². The Morgan fingerprint density at radius 2 is 1.94 bits per heavy atom. The Morgan fingerprint density at radius 3 is 2.44 bits per heavy atom. The third kappa shape index (κ3) is 9.00. The van der Waals surface area contributed by atoms with Gasteiger partial charge in [0.05, 0.1) is 25.9 Å². The predicted molar refractivity (Wildman–Crippen MR) is 60.8 cm³/mol. The number of rotatable bonds is 11. The maximum atomic E-state index is 9.96. The second-order valence-corrected chi connectivity index (χ2v) is 4.09. The van der Waals surface area contributed by atoms with E-state index in [0.717, 1.165) is 0 Å². The Kier molecular flexibility index (Phi) is 11.0. The van der Waals surface area contributed by atoms with Crippen LogP contribution in [-0.2, 0) is 18.4 Å². The molecule has 0 aromatic carbocycles. The van der Waals surface area contributed by atoms with E-state index in [1.807, 2.05) is 13.8 Å². The Bertz CT molecular complexity index is 166. The molecule has 96 valence electrons. The Morgan fingerprint density at radius 1 is 1.31 bits per heavy atom. The number of aliphatic hydroxyl groups is 1. The van der Waals surface area contributed by atoms with Gasteiger partial charge in [0.25, 0.3) is 0 Å². The molecule has 1 amide bonds. The highest BCUT2D eigenvalue weighted by molar-refractivity contribution is 7.41. The van der Waals surface area contributed by atoms with Crippen LogP contribution in [-0.4, -0.2) is 44.0 Å². The van der Waals surface area contributed by atoms with Crippen molar-refractivity contribution in [2.45, 2.75) is 26.4 Å². The summed E-state index contributed by atoms with van der Waals surface area (Å²) in [7, 11) is -1.36. The van der Waals surface area contributed by atoms with Crippen LogP contribution in [0.15, 0.2) is 0 Å². The van der Waals surface area contributed by atoms with Crippen molar-refractivity contribution in [3.05, 3.63) is 0 Å². The van der Waals surface area contributed by atoms with Crippen LogP contribution in [0.2, 0.25) is 0 Å². The Hall–Kier alpha value is -0.260. The van der Waals surface area contributed by atoms with E-state index in [9.17, 15) is 9.90 Å². The molecule has 0 saturated carbocycles. The van der Waals surface area contributed by atoms with E-state index in [1.54, 1.807) is 0 Å². The van der Waals surface area contributed by atoms with Gasteiger partial charge in [-0.1, -0.05) is 0 Å². The fourth-order valence-corrected chi connectivity index (χ4v) is 1.80. The zero-order valence-electron chi connectivity index (χ0n) is 9.72. The summed E-state index contributed by atoms with van der Waals surface area (Å²) in [5.74, 6) is 0. The summed E-state index contributed by atoms with van der Waals surface area (Å²) >= 11 is 0. The largest absolute Gasteiger partial charge is 0.391 e. The Labute approximate surface area is 97.3 Å². The van der Waals surface area contributed by atoms with Gasteiger partial charge in [-0.2, -0.15) is 0 Å². The number of carbonyl (C=O) groups excluding carboxylic acids is 1. The van der Waals surface area contributed by atoms with Gasteiger partial charge >= 0.3 is 8.60 Å². The molecule has 16 heavy (non-hydrogen) atoms. The van der Waals surface area contributed by atoms with Gasteiger partial charge in [-0.05, 0) is 20.3 Å². The summed E-state index contributed by atoms with van der Waals surface area (Å²) in [6.07, 6.45) is 0.416. The molecule has 7 heteroatoms. The van der Waals surface area contributed by atoms with E-state index in [0.29, 0.717) is 32.6 Å². The molecule has 1 unspecified atom stereocenters. The minimum Gasteiger partial charge on any atom is -0.391 e. The Balaban J connectivity index is 3.59. The zero-order valence-corrected chi connectivity index (χ0v) is 10.6. The first-order valence-corrected chi connectivity index (χ1v) is 6.38. The monoisotopic (exact) mass is 253 g/mol. The first-order valence-electron chi connectivity index (χ1n) is 5.28. The highest BCUT2D eigenvalue weighted by Gasteiger charge is 2.13. The first kappa shape index (κ1) is 15.7. The molecule has 0 heterocycles. The lowest BCUT2D eigenvalue weighted by Gasteiger charge is -2.17. The van der Waals surface area contributed by atoms with Crippen molar-refractivity contribution < 1.29 is 23.5 Å². The van der Waals surface area contributed by atoms with E-state index in [1.165, 1.54) is 0 Å². The van der Waals surface area contributed by atoms with Gasteiger partial charge in [0, 0.05) is 6.54 Å². The van der Waals surface area contributed by atoms with Gasteiger partial charge in [0.2, 0.25) is 6.41 Å². The second-order valence-electron chi connectivity index (χ2n) is 2.87. The van der Waals surface area contributed by atoms with Crippen molar-refractivity contribution in [1.82, 2.24) is 5.32 Å². The van der Waals surface area contributed by atoms with E-state index in [2.05, 4.69) is 5.32 Å². The second kappa shape index (κ2) is 11.2. The lowest BCUT2D eigenvalue weighted by Crippen LogP contribution is -2.22. The molecule has 0 bridgehead atoms. The summed E-state index contributed by atoms with van der Waals surface area (Å²) in [4.78, 5) is 9.96. The summed E-state index contributed by atoms with van der Waals surface area (Å²) < 4.78 is 15.7. The lowest BCUT2D eigenvalue weighted by molar-refractivity contribution is -0.109. The number of amides is 1. The number of carbonyl (C=O) groups is 1. The highest BCUT2D eigenvalue weighted by atomic mass is 31.2. The topological polar surface area (TPSA) is 77.0 Å². The van der Waals surface area contributed by atoms with E-state index < -0.39 is 14.7 Å². The maximum absolute atomic E-state index is 9.96. The fraction of sp³-hybridized carbons (Fsp3) is 0.889. The van der Waals surface area contributed by atoms with E-state index in [-0.39, 0.29) is 6.61 Å². The number of hydrogen-bond donors (Lipinski definition) is 2. The molecular formula is C9H20NO5P. The molecule has 0 fully saturated rings. The molecule has 1 atom stereocenters. The molecule has 2 N–H and O–H groups in total. The van der Waals surface area contributed by atoms with E-state index >= 15 is 0 Å². The SMILES string of the molecule is CCOP(OCC)OCC(O)CCNC=O. The van der Waals surface area contributed by atoms with Gasteiger partial charge < -0.3 is 24.0 Å². The molecule has 0 aliphatic carbocycles.